The number of nitrogens with one attached hydrogen (secondary N) is 1. The Bertz CT molecular complexity index is 212. The molecule has 0 radical (unpaired) electrons. The highest BCUT2D eigenvalue weighted by Crippen LogP contribution is 2.33. The van der Waals surface area contributed by atoms with Gasteiger partial charge < -0.3 is 11.1 Å². The number of carbonyl (C=O) groups is 1. The quantitative estimate of drug-likeness (QED) is 0.692. The van der Waals surface area contributed by atoms with E-state index < -0.39 is 0 Å². The minimum absolute atomic E-state index is 0.0745. The van der Waals surface area contributed by atoms with Gasteiger partial charge in [0.2, 0.25) is 5.91 Å². The van der Waals surface area contributed by atoms with E-state index in [1.165, 1.54) is 12.8 Å². The van der Waals surface area contributed by atoms with E-state index in [2.05, 4.69) is 10.2 Å². The Morgan fingerprint density at radius 1 is 1.47 bits per heavy atom. The van der Waals surface area contributed by atoms with Crippen LogP contribution in [0.5, 0.6) is 0 Å². The Labute approximate surface area is 92.2 Å². The molecule has 1 amide bonds. The molecule has 1 saturated carbocycles. The fraction of sp³-hybridized carbons (Fsp3) is 0.909. The third-order valence-corrected chi connectivity index (χ3v) is 3.48. The third-order valence-electron chi connectivity index (χ3n) is 3.48. The number of likely N-dealkylation sites (N-methyl/N-ethyl adjacent to an activating group) is 2. The van der Waals surface area contributed by atoms with Crippen LogP contribution in [0.4, 0.5) is 0 Å². The van der Waals surface area contributed by atoms with Crippen LogP contribution < -0.4 is 11.1 Å². The molecular weight excluding hydrogens is 190 g/mol. The van der Waals surface area contributed by atoms with Crippen LogP contribution >= 0.6 is 0 Å². The van der Waals surface area contributed by atoms with Crippen molar-refractivity contribution in [2.45, 2.75) is 38.1 Å². The molecule has 0 bridgehead atoms. The SMILES string of the molecule is CCNC(=O)CN(C)C1(CN)CCCC1. The molecule has 0 aromatic rings. The van der Waals surface area contributed by atoms with E-state index in [1.807, 2.05) is 14.0 Å². The number of hydrogen-bond acceptors (Lipinski definition) is 3. The first-order valence-electron chi connectivity index (χ1n) is 5.82. The van der Waals surface area contributed by atoms with E-state index >= 15 is 0 Å². The van der Waals surface area contributed by atoms with Crippen molar-refractivity contribution in [3.8, 4) is 0 Å². The van der Waals surface area contributed by atoms with Crippen LogP contribution in [0.3, 0.4) is 0 Å². The molecule has 0 unspecified atom stereocenters. The van der Waals surface area contributed by atoms with Crippen LogP contribution in [0.1, 0.15) is 32.6 Å². The van der Waals surface area contributed by atoms with Gasteiger partial charge in [0.05, 0.1) is 6.54 Å². The molecule has 1 rings (SSSR count). The van der Waals surface area contributed by atoms with Crippen LogP contribution in [-0.4, -0.2) is 43.0 Å². The van der Waals surface area contributed by atoms with Crippen molar-refractivity contribution >= 4 is 5.91 Å². The van der Waals surface area contributed by atoms with Gasteiger partial charge in [-0.05, 0) is 26.8 Å². The van der Waals surface area contributed by atoms with Crippen LogP contribution in [0.25, 0.3) is 0 Å². The van der Waals surface area contributed by atoms with Gasteiger partial charge in [-0.1, -0.05) is 12.8 Å². The Kier molecular flexibility index (Phi) is 4.54. The molecule has 0 aromatic heterocycles. The van der Waals surface area contributed by atoms with Gasteiger partial charge in [-0.25, -0.2) is 0 Å². The summed E-state index contributed by atoms with van der Waals surface area (Å²) in [7, 11) is 2.01. The number of nitrogens with two attached hydrogens (primary N) is 1. The Hall–Kier alpha value is -0.610. The van der Waals surface area contributed by atoms with Gasteiger partial charge in [-0.15, -0.1) is 0 Å². The summed E-state index contributed by atoms with van der Waals surface area (Å²) in [6.45, 7) is 3.75. The Morgan fingerprint density at radius 3 is 2.53 bits per heavy atom. The molecule has 0 aromatic carbocycles. The predicted molar refractivity (Wildman–Crippen MR) is 61.6 cm³/mol. The van der Waals surface area contributed by atoms with Crippen molar-refractivity contribution in [2.75, 3.05) is 26.7 Å². The first kappa shape index (κ1) is 12.5. The molecule has 0 atom stereocenters. The summed E-state index contributed by atoms with van der Waals surface area (Å²) in [6, 6.07) is 0. The van der Waals surface area contributed by atoms with Crippen molar-refractivity contribution < 1.29 is 4.79 Å². The van der Waals surface area contributed by atoms with E-state index in [0.29, 0.717) is 19.6 Å². The van der Waals surface area contributed by atoms with E-state index in [1.54, 1.807) is 0 Å². The van der Waals surface area contributed by atoms with Gasteiger partial charge >= 0.3 is 0 Å². The second-order valence-electron chi connectivity index (χ2n) is 4.45. The van der Waals surface area contributed by atoms with Gasteiger partial charge in [0, 0.05) is 18.6 Å². The monoisotopic (exact) mass is 213 g/mol. The molecule has 1 fully saturated rings. The Morgan fingerprint density at radius 2 is 2.07 bits per heavy atom. The second-order valence-corrected chi connectivity index (χ2v) is 4.45. The maximum Gasteiger partial charge on any atom is 0.234 e. The summed E-state index contributed by atoms with van der Waals surface area (Å²) >= 11 is 0. The molecule has 0 aliphatic heterocycles. The Balaban J connectivity index is 2.50. The zero-order chi connectivity index (χ0) is 11.3. The summed E-state index contributed by atoms with van der Waals surface area (Å²) in [4.78, 5) is 13.6. The molecule has 88 valence electrons. The standard InChI is InChI=1S/C11H23N3O/c1-3-13-10(15)8-14(2)11(9-12)6-4-5-7-11/h3-9,12H2,1-2H3,(H,13,15). The fourth-order valence-corrected chi connectivity index (χ4v) is 2.41. The largest absolute Gasteiger partial charge is 0.355 e. The minimum Gasteiger partial charge on any atom is -0.355 e. The first-order chi connectivity index (χ1) is 7.14. The maximum atomic E-state index is 11.5. The van der Waals surface area contributed by atoms with Crippen molar-refractivity contribution in [2.24, 2.45) is 5.73 Å². The number of carbonyl (C=O) groups excluding carboxylic acids is 1. The van der Waals surface area contributed by atoms with E-state index in [0.717, 1.165) is 12.8 Å². The van der Waals surface area contributed by atoms with Crippen LogP contribution in [-0.2, 0) is 4.79 Å². The van der Waals surface area contributed by atoms with Gasteiger partial charge in [-0.3, -0.25) is 9.69 Å². The lowest BCUT2D eigenvalue weighted by molar-refractivity contribution is -0.123. The third kappa shape index (κ3) is 2.92. The van der Waals surface area contributed by atoms with Crippen molar-refractivity contribution in [3.05, 3.63) is 0 Å². The van der Waals surface area contributed by atoms with Crippen LogP contribution in [0, 0.1) is 0 Å². The second kappa shape index (κ2) is 5.47. The fourth-order valence-electron chi connectivity index (χ4n) is 2.41. The number of nitrogens with zero attached hydrogens (tertiary/aromatic N) is 1. The molecular formula is C11H23N3O. The normalized spacial score (nSPS) is 19.5. The highest BCUT2D eigenvalue weighted by atomic mass is 16.2. The van der Waals surface area contributed by atoms with E-state index in [4.69, 9.17) is 5.73 Å². The summed E-state index contributed by atoms with van der Waals surface area (Å²) in [5.74, 6) is 0.0970. The maximum absolute atomic E-state index is 11.5. The lowest BCUT2D eigenvalue weighted by atomic mass is 9.96. The molecule has 3 N–H and O–H groups in total. The number of amides is 1. The highest BCUT2D eigenvalue weighted by molar-refractivity contribution is 5.78. The zero-order valence-corrected chi connectivity index (χ0v) is 9.88. The van der Waals surface area contributed by atoms with Gasteiger partial charge in [0.25, 0.3) is 0 Å². The lowest BCUT2D eigenvalue weighted by Crippen LogP contribution is -2.53. The van der Waals surface area contributed by atoms with Crippen molar-refractivity contribution in [1.82, 2.24) is 10.2 Å². The molecule has 4 nitrogen and oxygen atoms in total. The molecule has 15 heavy (non-hydrogen) atoms. The number of rotatable bonds is 5. The molecule has 0 spiro atoms. The average Bonchev–Trinajstić information content (AvgIpc) is 2.67. The van der Waals surface area contributed by atoms with Crippen LogP contribution in [0.2, 0.25) is 0 Å². The van der Waals surface area contributed by atoms with Gasteiger partial charge in [-0.2, -0.15) is 0 Å². The van der Waals surface area contributed by atoms with E-state index in [9.17, 15) is 4.79 Å². The van der Waals surface area contributed by atoms with Gasteiger partial charge in [0.15, 0.2) is 0 Å². The minimum atomic E-state index is 0.0745. The lowest BCUT2D eigenvalue weighted by Gasteiger charge is -2.37. The summed E-state index contributed by atoms with van der Waals surface area (Å²) in [5, 5.41) is 2.82. The summed E-state index contributed by atoms with van der Waals surface area (Å²) in [5.41, 5.74) is 5.92. The molecule has 1 aliphatic carbocycles. The topological polar surface area (TPSA) is 58.4 Å². The summed E-state index contributed by atoms with van der Waals surface area (Å²) < 4.78 is 0. The van der Waals surface area contributed by atoms with Crippen LogP contribution in [0.15, 0.2) is 0 Å². The predicted octanol–water partition coefficient (Wildman–Crippen LogP) is 0.326. The molecule has 0 heterocycles. The highest BCUT2D eigenvalue weighted by Gasteiger charge is 2.36. The van der Waals surface area contributed by atoms with E-state index in [-0.39, 0.29) is 11.4 Å². The summed E-state index contributed by atoms with van der Waals surface area (Å²) in [6.07, 6.45) is 4.71. The molecule has 0 saturated heterocycles. The average molecular weight is 213 g/mol. The zero-order valence-electron chi connectivity index (χ0n) is 9.88. The van der Waals surface area contributed by atoms with Gasteiger partial charge in [0.1, 0.15) is 0 Å². The van der Waals surface area contributed by atoms with Crippen molar-refractivity contribution in [1.29, 1.82) is 0 Å². The smallest absolute Gasteiger partial charge is 0.234 e. The van der Waals surface area contributed by atoms with Crippen molar-refractivity contribution in [3.63, 3.8) is 0 Å². The first-order valence-corrected chi connectivity index (χ1v) is 5.82. The number of hydrogen-bond donors (Lipinski definition) is 2. The molecule has 1 aliphatic rings. The molecule has 4 heteroatoms.